The molecule has 1 aromatic rings. The minimum Gasteiger partial charge on any atom is -0.352 e. The van der Waals surface area contributed by atoms with Crippen molar-refractivity contribution in [2.24, 2.45) is 32.7 Å². The highest BCUT2D eigenvalue weighted by Crippen LogP contribution is 2.58. The third-order valence-corrected chi connectivity index (χ3v) is 7.52. The first-order valence-corrected chi connectivity index (χ1v) is 11.8. The highest BCUT2D eigenvalue weighted by atomic mass is 19.1. The number of azo groups is 1. The summed E-state index contributed by atoms with van der Waals surface area (Å²) in [5.41, 5.74) is 5.15. The van der Waals surface area contributed by atoms with Crippen LogP contribution in [0.3, 0.4) is 0 Å². The number of nitrogens with zero attached hydrogens (tertiary/aromatic N) is 3. The molecular weight excluding hydrogens is 452 g/mol. The van der Waals surface area contributed by atoms with Crippen LogP contribution in [-0.2, 0) is 4.79 Å². The molecule has 0 radical (unpaired) electrons. The second-order valence-corrected chi connectivity index (χ2v) is 9.82. The molecular formula is C26H37F2N5O2. The maximum absolute atomic E-state index is 14.4. The van der Waals surface area contributed by atoms with Gasteiger partial charge in [0.2, 0.25) is 5.91 Å². The summed E-state index contributed by atoms with van der Waals surface area (Å²) in [6.45, 7) is 13.9. The van der Waals surface area contributed by atoms with Crippen LogP contribution in [0.5, 0.6) is 0 Å². The van der Waals surface area contributed by atoms with Crippen molar-refractivity contribution in [3.05, 3.63) is 53.6 Å². The van der Waals surface area contributed by atoms with E-state index in [2.05, 4.69) is 42.9 Å². The van der Waals surface area contributed by atoms with Gasteiger partial charge in [0.15, 0.2) is 0 Å². The lowest BCUT2D eigenvalue weighted by atomic mass is 9.64. The lowest BCUT2D eigenvalue weighted by Crippen LogP contribution is -2.46. The van der Waals surface area contributed by atoms with E-state index >= 15 is 0 Å². The largest absolute Gasteiger partial charge is 0.352 e. The average Bonchev–Trinajstić information content (AvgIpc) is 3.00. The van der Waals surface area contributed by atoms with Crippen LogP contribution in [0.25, 0.3) is 5.70 Å². The van der Waals surface area contributed by atoms with Crippen LogP contribution in [0.2, 0.25) is 0 Å². The Hall–Kier alpha value is -3.10. The Morgan fingerprint density at radius 3 is 2.46 bits per heavy atom. The molecule has 0 aromatic heterocycles. The highest BCUT2D eigenvalue weighted by molar-refractivity contribution is 5.78. The van der Waals surface area contributed by atoms with E-state index in [1.165, 1.54) is 25.2 Å². The molecule has 35 heavy (non-hydrogen) atoms. The Balaban J connectivity index is 2.27. The van der Waals surface area contributed by atoms with Crippen LogP contribution in [0.4, 0.5) is 13.6 Å². The smallest absolute Gasteiger partial charge is 0.312 e. The number of benzene rings is 1. The number of urea groups is 1. The predicted molar refractivity (Wildman–Crippen MR) is 133 cm³/mol. The number of nitrogens with two attached hydrogens (primary N) is 1. The molecule has 192 valence electrons. The molecule has 1 fully saturated rings. The van der Waals surface area contributed by atoms with Gasteiger partial charge in [0.05, 0.1) is 11.3 Å². The van der Waals surface area contributed by atoms with Gasteiger partial charge in [-0.05, 0) is 60.3 Å². The van der Waals surface area contributed by atoms with Gasteiger partial charge < -0.3 is 16.0 Å². The first-order chi connectivity index (χ1) is 16.4. The molecule has 0 saturated heterocycles. The Morgan fingerprint density at radius 1 is 1.29 bits per heavy atom. The van der Waals surface area contributed by atoms with Gasteiger partial charge in [-0.25, -0.2) is 13.6 Å². The van der Waals surface area contributed by atoms with E-state index in [1.807, 2.05) is 6.92 Å². The van der Waals surface area contributed by atoms with Crippen LogP contribution >= 0.6 is 0 Å². The van der Waals surface area contributed by atoms with E-state index in [-0.39, 0.29) is 46.9 Å². The van der Waals surface area contributed by atoms with E-state index in [4.69, 9.17) is 5.73 Å². The fourth-order valence-electron chi connectivity index (χ4n) is 5.02. The molecule has 0 aliphatic heterocycles. The fourth-order valence-corrected chi connectivity index (χ4v) is 5.02. The molecule has 0 spiro atoms. The SMILES string of the molecule is C=C(/C=C(\N=N/C)c1c(F)cccc1F)[C@H]1CCC(C)(CN(CC)C(=O)CCNC(N)=O)C1(C)C. The number of halogens is 2. The Labute approximate surface area is 206 Å². The van der Waals surface area contributed by atoms with Gasteiger partial charge in [0.25, 0.3) is 0 Å². The van der Waals surface area contributed by atoms with Gasteiger partial charge in [-0.2, -0.15) is 10.2 Å². The summed E-state index contributed by atoms with van der Waals surface area (Å²) < 4.78 is 28.9. The molecule has 1 unspecified atom stereocenters. The van der Waals surface area contributed by atoms with Crippen molar-refractivity contribution in [3.8, 4) is 0 Å². The number of carbonyl (C=O) groups is 2. The maximum atomic E-state index is 14.4. The number of rotatable bonds is 10. The van der Waals surface area contributed by atoms with Gasteiger partial charge in [-0.1, -0.05) is 33.4 Å². The molecule has 2 rings (SSSR count). The summed E-state index contributed by atoms with van der Waals surface area (Å²) in [6.07, 6.45) is 3.44. The molecule has 1 saturated carbocycles. The van der Waals surface area contributed by atoms with Gasteiger partial charge >= 0.3 is 6.03 Å². The quantitative estimate of drug-likeness (QED) is 0.345. The molecule has 1 aliphatic carbocycles. The maximum Gasteiger partial charge on any atom is 0.312 e. The summed E-state index contributed by atoms with van der Waals surface area (Å²) in [4.78, 5) is 25.5. The standard InChI is InChI=1S/C26H37F2N5O2/c1-7-33(22(34)12-14-31-24(29)35)16-26(5)13-11-18(25(26,3)4)17(2)15-21(32-30-6)23-19(27)9-8-10-20(23)28/h8-10,15,18H,2,7,11-14,16H2,1,3-6H3,(H3,29,31,35)/b21-15-,32-30-/t18-,26?/m1/s1. The number of carbonyl (C=O) groups excluding carboxylic acids is 2. The Kier molecular flexibility index (Phi) is 9.29. The first kappa shape index (κ1) is 28.1. The molecule has 1 aliphatic rings. The highest BCUT2D eigenvalue weighted by Gasteiger charge is 2.52. The number of allylic oxidation sites excluding steroid dienone is 2. The number of hydrogen-bond acceptors (Lipinski definition) is 4. The van der Waals surface area contributed by atoms with Crippen molar-refractivity contribution in [1.29, 1.82) is 0 Å². The van der Waals surface area contributed by atoms with Crippen LogP contribution in [0.15, 0.2) is 46.7 Å². The topological polar surface area (TPSA) is 100 Å². The summed E-state index contributed by atoms with van der Waals surface area (Å²) in [5, 5.41) is 10.2. The monoisotopic (exact) mass is 489 g/mol. The molecule has 1 aromatic carbocycles. The van der Waals surface area contributed by atoms with E-state index in [9.17, 15) is 18.4 Å². The molecule has 2 atom stereocenters. The first-order valence-electron chi connectivity index (χ1n) is 11.8. The third-order valence-electron chi connectivity index (χ3n) is 7.52. The number of primary amides is 1. The van der Waals surface area contributed by atoms with Crippen LogP contribution < -0.4 is 11.1 Å². The second-order valence-electron chi connectivity index (χ2n) is 9.82. The summed E-state index contributed by atoms with van der Waals surface area (Å²) in [6, 6.07) is 3.02. The molecule has 7 nitrogen and oxygen atoms in total. The van der Waals surface area contributed by atoms with Crippen LogP contribution in [0.1, 0.15) is 52.5 Å². The van der Waals surface area contributed by atoms with Crippen LogP contribution in [0, 0.1) is 28.4 Å². The van der Waals surface area contributed by atoms with Gasteiger partial charge in [-0.3, -0.25) is 4.79 Å². The minimum atomic E-state index is -0.713. The Bertz CT molecular complexity index is 1000. The predicted octanol–water partition coefficient (Wildman–Crippen LogP) is 5.29. The van der Waals surface area contributed by atoms with Gasteiger partial charge in [-0.15, -0.1) is 0 Å². The van der Waals surface area contributed by atoms with Crippen molar-refractivity contribution in [2.75, 3.05) is 26.7 Å². The lowest BCUT2D eigenvalue weighted by Gasteiger charge is -2.45. The van der Waals surface area contributed by atoms with Crippen molar-refractivity contribution < 1.29 is 18.4 Å². The molecule has 3 amide bonds. The zero-order chi connectivity index (χ0) is 26.4. The third kappa shape index (κ3) is 6.32. The van der Waals surface area contributed by atoms with Crippen LogP contribution in [-0.4, -0.2) is 43.5 Å². The molecule has 3 N–H and O–H groups in total. The summed E-state index contributed by atoms with van der Waals surface area (Å²) in [5.74, 6) is -1.47. The van der Waals surface area contributed by atoms with Crippen molar-refractivity contribution >= 4 is 17.6 Å². The number of hydrogen-bond donors (Lipinski definition) is 2. The van der Waals surface area contributed by atoms with E-state index in [0.717, 1.165) is 12.8 Å². The normalized spacial score (nSPS) is 21.8. The van der Waals surface area contributed by atoms with E-state index in [1.54, 1.807) is 11.0 Å². The minimum absolute atomic E-state index is 0.00901. The van der Waals surface area contributed by atoms with Gasteiger partial charge in [0, 0.05) is 33.1 Å². The molecule has 0 heterocycles. The number of nitrogens with one attached hydrogen (secondary N) is 1. The zero-order valence-electron chi connectivity index (χ0n) is 21.3. The number of amides is 3. The van der Waals surface area contributed by atoms with Gasteiger partial charge in [0.1, 0.15) is 11.6 Å². The van der Waals surface area contributed by atoms with Crippen molar-refractivity contribution in [3.63, 3.8) is 0 Å². The molecule has 0 bridgehead atoms. The van der Waals surface area contributed by atoms with Crippen molar-refractivity contribution in [2.45, 2.75) is 47.0 Å². The summed E-state index contributed by atoms with van der Waals surface area (Å²) >= 11 is 0. The van der Waals surface area contributed by atoms with Crippen molar-refractivity contribution in [1.82, 2.24) is 10.2 Å². The lowest BCUT2D eigenvalue weighted by molar-refractivity contribution is -0.133. The average molecular weight is 490 g/mol. The van der Waals surface area contributed by atoms with E-state index in [0.29, 0.717) is 18.7 Å². The zero-order valence-corrected chi connectivity index (χ0v) is 21.3. The molecule has 9 heteroatoms. The second kappa shape index (κ2) is 11.6. The summed E-state index contributed by atoms with van der Waals surface area (Å²) in [7, 11) is 1.45. The Morgan fingerprint density at radius 2 is 1.91 bits per heavy atom. The van der Waals surface area contributed by atoms with E-state index < -0.39 is 17.7 Å². The fraction of sp³-hybridized carbons (Fsp3) is 0.538.